The summed E-state index contributed by atoms with van der Waals surface area (Å²) < 4.78 is 11.3. The highest BCUT2D eigenvalue weighted by molar-refractivity contribution is 5.31. The number of hydrogen-bond acceptors (Lipinski definition) is 3. The monoisotopic (exact) mass is 278 g/mol. The molecule has 1 aromatic carbocycles. The Morgan fingerprint density at radius 1 is 1.45 bits per heavy atom. The Morgan fingerprint density at radius 3 is 2.90 bits per heavy atom. The van der Waals surface area contributed by atoms with Crippen LogP contribution in [0.2, 0.25) is 0 Å². The minimum absolute atomic E-state index is 0.446. The molecule has 3 nitrogen and oxygen atoms in total. The molecule has 0 bridgehead atoms. The van der Waals surface area contributed by atoms with E-state index in [0.717, 1.165) is 30.6 Å². The largest absolute Gasteiger partial charge is 0.497 e. The Morgan fingerprint density at radius 2 is 2.25 bits per heavy atom. The lowest BCUT2D eigenvalue weighted by Crippen LogP contribution is -2.43. The van der Waals surface area contributed by atoms with Crippen molar-refractivity contribution in [3.8, 4) is 5.75 Å². The molecule has 0 saturated heterocycles. The third-order valence-corrected chi connectivity index (χ3v) is 4.33. The fraction of sp³-hybridized carbons (Fsp3) is 0.647. The lowest BCUT2D eigenvalue weighted by Gasteiger charge is -2.43. The summed E-state index contributed by atoms with van der Waals surface area (Å²) in [5.74, 6) is 1.37. The molecule has 1 saturated carbocycles. The molecule has 3 heteroatoms. The van der Waals surface area contributed by atoms with Crippen LogP contribution < -0.4 is 4.74 Å². The van der Waals surface area contributed by atoms with E-state index < -0.39 is 11.7 Å². The first kappa shape index (κ1) is 15.3. The van der Waals surface area contributed by atoms with Gasteiger partial charge < -0.3 is 14.6 Å². The van der Waals surface area contributed by atoms with Gasteiger partial charge in [0.1, 0.15) is 11.9 Å². The van der Waals surface area contributed by atoms with Crippen LogP contribution in [0.1, 0.15) is 51.2 Å². The van der Waals surface area contributed by atoms with Crippen LogP contribution in [0.4, 0.5) is 0 Å². The number of ether oxygens (including phenoxy) is 2. The van der Waals surface area contributed by atoms with E-state index in [9.17, 15) is 5.11 Å². The van der Waals surface area contributed by atoms with E-state index in [1.807, 2.05) is 31.2 Å². The highest BCUT2D eigenvalue weighted by Gasteiger charge is 2.42. The Labute approximate surface area is 121 Å². The van der Waals surface area contributed by atoms with Gasteiger partial charge in [0.05, 0.1) is 12.7 Å². The van der Waals surface area contributed by atoms with Crippen molar-refractivity contribution in [1.29, 1.82) is 0 Å². The third kappa shape index (κ3) is 3.15. The molecule has 0 heterocycles. The van der Waals surface area contributed by atoms with Crippen LogP contribution in [-0.4, -0.2) is 24.4 Å². The van der Waals surface area contributed by atoms with Crippen molar-refractivity contribution in [2.45, 2.75) is 51.2 Å². The molecule has 0 spiro atoms. The topological polar surface area (TPSA) is 38.7 Å². The number of benzene rings is 1. The fourth-order valence-corrected chi connectivity index (χ4v) is 3.40. The first-order chi connectivity index (χ1) is 9.61. The van der Waals surface area contributed by atoms with Gasteiger partial charge in [-0.3, -0.25) is 0 Å². The third-order valence-electron chi connectivity index (χ3n) is 4.33. The van der Waals surface area contributed by atoms with Crippen LogP contribution in [0.25, 0.3) is 0 Å². The maximum atomic E-state index is 10.9. The van der Waals surface area contributed by atoms with Gasteiger partial charge in [0.15, 0.2) is 0 Å². The Balaban J connectivity index is 2.27. The summed E-state index contributed by atoms with van der Waals surface area (Å²) in [4.78, 5) is 0. The van der Waals surface area contributed by atoms with Crippen molar-refractivity contribution in [3.63, 3.8) is 0 Å². The van der Waals surface area contributed by atoms with Crippen molar-refractivity contribution in [2.24, 2.45) is 5.92 Å². The van der Waals surface area contributed by atoms with E-state index in [1.165, 1.54) is 6.42 Å². The second kappa shape index (κ2) is 6.59. The normalized spacial score (nSPS) is 28.1. The molecule has 20 heavy (non-hydrogen) atoms. The van der Waals surface area contributed by atoms with Crippen molar-refractivity contribution < 1.29 is 14.6 Å². The molecular formula is C17H26O3. The standard InChI is InChI=1S/C17H26O3/c1-4-20-17(10-6-7-13(2)12-17)16(18)14-8-5-9-15(11-14)19-3/h5,8-9,11,13,16,18H,4,6-7,10,12H2,1-3H3. The van der Waals surface area contributed by atoms with Crippen molar-refractivity contribution >= 4 is 0 Å². The summed E-state index contributed by atoms with van der Waals surface area (Å²) in [7, 11) is 1.65. The fourth-order valence-electron chi connectivity index (χ4n) is 3.40. The van der Waals surface area contributed by atoms with Gasteiger partial charge in [-0.25, -0.2) is 0 Å². The molecule has 0 radical (unpaired) electrons. The highest BCUT2D eigenvalue weighted by atomic mass is 16.5. The Kier molecular flexibility index (Phi) is 5.06. The van der Waals surface area contributed by atoms with E-state index in [1.54, 1.807) is 7.11 Å². The van der Waals surface area contributed by atoms with Gasteiger partial charge in [0.25, 0.3) is 0 Å². The number of rotatable bonds is 5. The SMILES string of the molecule is CCOC1(C(O)c2cccc(OC)c2)CCCC(C)C1. The molecule has 0 aliphatic heterocycles. The molecule has 1 N–H and O–H groups in total. The Hall–Kier alpha value is -1.06. The summed E-state index contributed by atoms with van der Waals surface area (Å²) in [6.45, 7) is 4.87. The molecule has 1 aliphatic rings. The van der Waals surface area contributed by atoms with Crippen LogP contribution in [0.15, 0.2) is 24.3 Å². The molecule has 112 valence electrons. The van der Waals surface area contributed by atoms with Crippen LogP contribution in [0.3, 0.4) is 0 Å². The molecule has 0 aromatic heterocycles. The Bertz CT molecular complexity index is 428. The van der Waals surface area contributed by atoms with Gasteiger partial charge in [-0.2, -0.15) is 0 Å². The second-order valence-corrected chi connectivity index (χ2v) is 5.88. The van der Waals surface area contributed by atoms with Crippen molar-refractivity contribution in [1.82, 2.24) is 0 Å². The van der Waals surface area contributed by atoms with E-state index in [2.05, 4.69) is 6.92 Å². The molecule has 3 unspecified atom stereocenters. The van der Waals surface area contributed by atoms with Gasteiger partial charge in [0.2, 0.25) is 0 Å². The van der Waals surface area contributed by atoms with Crippen molar-refractivity contribution in [3.05, 3.63) is 29.8 Å². The van der Waals surface area contributed by atoms with Crippen LogP contribution in [0.5, 0.6) is 5.75 Å². The van der Waals surface area contributed by atoms with Gasteiger partial charge >= 0.3 is 0 Å². The molecule has 3 atom stereocenters. The minimum Gasteiger partial charge on any atom is -0.497 e. The molecule has 2 rings (SSSR count). The lowest BCUT2D eigenvalue weighted by atomic mass is 9.74. The minimum atomic E-state index is -0.597. The zero-order chi connectivity index (χ0) is 14.6. The van der Waals surface area contributed by atoms with E-state index in [0.29, 0.717) is 12.5 Å². The van der Waals surface area contributed by atoms with Gasteiger partial charge in [0, 0.05) is 6.61 Å². The predicted molar refractivity (Wildman–Crippen MR) is 79.9 cm³/mol. The molecule has 1 aliphatic carbocycles. The summed E-state index contributed by atoms with van der Waals surface area (Å²) in [6, 6.07) is 7.67. The number of aliphatic hydroxyl groups excluding tert-OH is 1. The molecule has 1 fully saturated rings. The molecular weight excluding hydrogens is 252 g/mol. The average molecular weight is 278 g/mol. The summed E-state index contributed by atoms with van der Waals surface area (Å²) in [5.41, 5.74) is 0.436. The van der Waals surface area contributed by atoms with E-state index >= 15 is 0 Å². The van der Waals surface area contributed by atoms with Gasteiger partial charge in [-0.1, -0.05) is 31.9 Å². The zero-order valence-electron chi connectivity index (χ0n) is 12.8. The summed E-state index contributed by atoms with van der Waals surface area (Å²) >= 11 is 0. The first-order valence-corrected chi connectivity index (χ1v) is 7.57. The zero-order valence-corrected chi connectivity index (χ0v) is 12.8. The maximum Gasteiger partial charge on any atom is 0.119 e. The van der Waals surface area contributed by atoms with E-state index in [4.69, 9.17) is 9.47 Å². The number of hydrogen-bond donors (Lipinski definition) is 1. The van der Waals surface area contributed by atoms with Crippen LogP contribution in [0, 0.1) is 5.92 Å². The van der Waals surface area contributed by atoms with Crippen LogP contribution >= 0.6 is 0 Å². The summed E-state index contributed by atoms with van der Waals surface area (Å²) in [6.07, 6.45) is 3.57. The predicted octanol–water partition coefficient (Wildman–Crippen LogP) is 3.71. The van der Waals surface area contributed by atoms with Crippen molar-refractivity contribution in [2.75, 3.05) is 13.7 Å². The second-order valence-electron chi connectivity index (χ2n) is 5.88. The lowest BCUT2D eigenvalue weighted by molar-refractivity contribution is -0.150. The highest BCUT2D eigenvalue weighted by Crippen LogP contribution is 2.44. The first-order valence-electron chi connectivity index (χ1n) is 7.57. The quantitative estimate of drug-likeness (QED) is 0.892. The maximum absolute atomic E-state index is 10.9. The van der Waals surface area contributed by atoms with Gasteiger partial charge in [-0.05, 0) is 43.4 Å². The molecule has 1 aromatic rings. The van der Waals surface area contributed by atoms with Gasteiger partial charge in [-0.15, -0.1) is 0 Å². The van der Waals surface area contributed by atoms with E-state index in [-0.39, 0.29) is 0 Å². The average Bonchev–Trinajstić information content (AvgIpc) is 2.47. The number of aliphatic hydroxyl groups is 1. The van der Waals surface area contributed by atoms with Crippen LogP contribution in [-0.2, 0) is 4.74 Å². The number of methoxy groups -OCH3 is 1. The molecule has 0 amide bonds. The smallest absolute Gasteiger partial charge is 0.119 e. The summed E-state index contributed by atoms with van der Waals surface area (Å²) in [5, 5.41) is 10.9.